The Bertz CT molecular complexity index is 129. The first-order valence-corrected chi connectivity index (χ1v) is 6.14. The predicted octanol–water partition coefficient (Wildman–Crippen LogP) is 4.78. The fourth-order valence-corrected chi connectivity index (χ4v) is 2.95. The van der Waals surface area contributed by atoms with Gasteiger partial charge < -0.3 is 0 Å². The quantitative estimate of drug-likeness (QED) is 0.587. The summed E-state index contributed by atoms with van der Waals surface area (Å²) >= 11 is 0. The number of hydrogen-bond donors (Lipinski definition) is 0. The van der Waals surface area contributed by atoms with Gasteiger partial charge in [-0.2, -0.15) is 0 Å². The van der Waals surface area contributed by atoms with Gasteiger partial charge in [-0.3, -0.25) is 0 Å². The van der Waals surface area contributed by atoms with Gasteiger partial charge in [-0.1, -0.05) is 59.3 Å². The molecular weight excluding hydrogens is 156 g/mol. The molecule has 0 spiro atoms. The zero-order valence-electron chi connectivity index (χ0n) is 9.73. The lowest BCUT2D eigenvalue weighted by Crippen LogP contribution is -2.18. The molecule has 0 bridgehead atoms. The van der Waals surface area contributed by atoms with Gasteiger partial charge >= 0.3 is 0 Å². The summed E-state index contributed by atoms with van der Waals surface area (Å²) in [6.07, 6.45) is 11.7. The van der Waals surface area contributed by atoms with Crippen molar-refractivity contribution in [3.05, 3.63) is 0 Å². The largest absolute Gasteiger partial charge is 0.0654 e. The van der Waals surface area contributed by atoms with Crippen molar-refractivity contribution in [3.63, 3.8) is 0 Å². The van der Waals surface area contributed by atoms with Gasteiger partial charge in [-0.25, -0.2) is 0 Å². The van der Waals surface area contributed by atoms with Crippen LogP contribution < -0.4 is 0 Å². The summed E-state index contributed by atoms with van der Waals surface area (Å²) in [5, 5.41) is 0. The summed E-state index contributed by atoms with van der Waals surface area (Å²) in [7, 11) is 0. The van der Waals surface area contributed by atoms with Crippen molar-refractivity contribution in [1.82, 2.24) is 0 Å². The predicted molar refractivity (Wildman–Crippen MR) is 59.9 cm³/mol. The molecule has 0 aliphatic heterocycles. The van der Waals surface area contributed by atoms with Crippen LogP contribution in [0.25, 0.3) is 0 Å². The zero-order valence-corrected chi connectivity index (χ0v) is 9.73. The van der Waals surface area contributed by atoms with E-state index in [2.05, 4.69) is 20.8 Å². The van der Waals surface area contributed by atoms with Crippen LogP contribution in [0.15, 0.2) is 0 Å². The Balaban J connectivity index is 2.28. The van der Waals surface area contributed by atoms with Crippen molar-refractivity contribution in [1.29, 1.82) is 0 Å². The van der Waals surface area contributed by atoms with Crippen LogP contribution in [-0.4, -0.2) is 0 Å². The van der Waals surface area contributed by atoms with Gasteiger partial charge in [0.2, 0.25) is 0 Å². The van der Waals surface area contributed by atoms with Gasteiger partial charge in [0.15, 0.2) is 0 Å². The van der Waals surface area contributed by atoms with Crippen LogP contribution >= 0.6 is 0 Å². The van der Waals surface area contributed by atoms with Gasteiger partial charge in [0.25, 0.3) is 0 Å². The Morgan fingerprint density at radius 1 is 1.08 bits per heavy atom. The van der Waals surface area contributed by atoms with E-state index in [0.717, 1.165) is 5.92 Å². The molecule has 0 saturated heterocycles. The van der Waals surface area contributed by atoms with Crippen LogP contribution in [0.3, 0.4) is 0 Å². The second-order valence-corrected chi connectivity index (χ2v) is 5.62. The highest BCUT2D eigenvalue weighted by atomic mass is 14.3. The second kappa shape index (κ2) is 5.02. The standard InChI is InChI=1S/C13H26/c1-4-10-13(2,3)11-12-8-6-5-7-9-12/h12H,4-11H2,1-3H3. The van der Waals surface area contributed by atoms with E-state index < -0.39 is 0 Å². The third kappa shape index (κ3) is 4.15. The Hall–Kier alpha value is 0. The molecule has 0 amide bonds. The van der Waals surface area contributed by atoms with E-state index in [1.165, 1.54) is 51.4 Å². The molecule has 0 unspecified atom stereocenters. The first-order valence-electron chi connectivity index (χ1n) is 6.14. The van der Waals surface area contributed by atoms with Crippen molar-refractivity contribution < 1.29 is 0 Å². The molecule has 1 fully saturated rings. The molecule has 78 valence electrons. The summed E-state index contributed by atoms with van der Waals surface area (Å²) < 4.78 is 0. The SMILES string of the molecule is CCCC(C)(C)CC1CCCCC1. The van der Waals surface area contributed by atoms with E-state index >= 15 is 0 Å². The van der Waals surface area contributed by atoms with Crippen molar-refractivity contribution in [3.8, 4) is 0 Å². The topological polar surface area (TPSA) is 0 Å². The number of hydrogen-bond acceptors (Lipinski definition) is 0. The molecule has 1 aliphatic rings. The molecule has 0 atom stereocenters. The monoisotopic (exact) mass is 182 g/mol. The maximum atomic E-state index is 2.45. The lowest BCUT2D eigenvalue weighted by atomic mass is 9.74. The van der Waals surface area contributed by atoms with Crippen LogP contribution in [0.5, 0.6) is 0 Å². The van der Waals surface area contributed by atoms with Crippen LogP contribution in [0, 0.1) is 11.3 Å². The summed E-state index contributed by atoms with van der Waals surface area (Å²) in [5.41, 5.74) is 0.608. The molecule has 0 heteroatoms. The Morgan fingerprint density at radius 3 is 2.23 bits per heavy atom. The highest BCUT2D eigenvalue weighted by molar-refractivity contribution is 4.75. The van der Waals surface area contributed by atoms with Crippen molar-refractivity contribution in [2.75, 3.05) is 0 Å². The van der Waals surface area contributed by atoms with Crippen LogP contribution in [0.1, 0.15) is 72.1 Å². The maximum Gasteiger partial charge on any atom is -0.0352 e. The van der Waals surface area contributed by atoms with Crippen molar-refractivity contribution >= 4 is 0 Å². The Morgan fingerprint density at radius 2 is 1.69 bits per heavy atom. The van der Waals surface area contributed by atoms with Gasteiger partial charge in [-0.05, 0) is 24.2 Å². The lowest BCUT2D eigenvalue weighted by molar-refractivity contribution is 0.208. The minimum Gasteiger partial charge on any atom is -0.0654 e. The Kier molecular flexibility index (Phi) is 4.28. The molecule has 13 heavy (non-hydrogen) atoms. The van der Waals surface area contributed by atoms with E-state index in [-0.39, 0.29) is 0 Å². The van der Waals surface area contributed by atoms with E-state index in [1.807, 2.05) is 0 Å². The molecule has 0 aromatic carbocycles. The zero-order chi connectivity index (χ0) is 9.73. The summed E-state index contributed by atoms with van der Waals surface area (Å²) in [5.74, 6) is 1.05. The van der Waals surface area contributed by atoms with E-state index in [4.69, 9.17) is 0 Å². The smallest absolute Gasteiger partial charge is 0.0352 e. The molecule has 0 nitrogen and oxygen atoms in total. The van der Waals surface area contributed by atoms with Crippen LogP contribution in [0.4, 0.5) is 0 Å². The minimum atomic E-state index is 0.608. The van der Waals surface area contributed by atoms with E-state index in [1.54, 1.807) is 0 Å². The average molecular weight is 182 g/mol. The molecule has 1 aliphatic carbocycles. The summed E-state index contributed by atoms with van der Waals surface area (Å²) in [6, 6.07) is 0. The highest BCUT2D eigenvalue weighted by Crippen LogP contribution is 2.36. The summed E-state index contributed by atoms with van der Waals surface area (Å²) in [6.45, 7) is 7.21. The first kappa shape index (κ1) is 11.1. The first-order chi connectivity index (χ1) is 6.14. The fraction of sp³-hybridized carbons (Fsp3) is 1.00. The molecule has 0 radical (unpaired) electrons. The average Bonchev–Trinajstić information content (AvgIpc) is 2.04. The van der Waals surface area contributed by atoms with Crippen molar-refractivity contribution in [2.45, 2.75) is 72.1 Å². The van der Waals surface area contributed by atoms with E-state index in [0.29, 0.717) is 5.41 Å². The Labute approximate surface area is 84.1 Å². The molecule has 1 rings (SSSR count). The molecule has 0 N–H and O–H groups in total. The molecule has 1 saturated carbocycles. The minimum absolute atomic E-state index is 0.608. The van der Waals surface area contributed by atoms with Crippen LogP contribution in [-0.2, 0) is 0 Å². The molecule has 0 aromatic rings. The highest BCUT2D eigenvalue weighted by Gasteiger charge is 2.23. The molecule has 0 aromatic heterocycles. The van der Waals surface area contributed by atoms with Crippen LogP contribution in [0.2, 0.25) is 0 Å². The maximum absolute atomic E-state index is 2.45. The second-order valence-electron chi connectivity index (χ2n) is 5.62. The third-order valence-corrected chi connectivity index (χ3v) is 3.49. The normalized spacial score (nSPS) is 20.5. The fourth-order valence-electron chi connectivity index (χ4n) is 2.95. The van der Waals surface area contributed by atoms with Gasteiger partial charge in [0.05, 0.1) is 0 Å². The number of rotatable bonds is 4. The third-order valence-electron chi connectivity index (χ3n) is 3.49. The van der Waals surface area contributed by atoms with Gasteiger partial charge in [-0.15, -0.1) is 0 Å². The molecule has 0 heterocycles. The van der Waals surface area contributed by atoms with Crippen molar-refractivity contribution in [2.24, 2.45) is 11.3 Å². The van der Waals surface area contributed by atoms with E-state index in [9.17, 15) is 0 Å². The van der Waals surface area contributed by atoms with Gasteiger partial charge in [0.1, 0.15) is 0 Å². The summed E-state index contributed by atoms with van der Waals surface area (Å²) in [4.78, 5) is 0. The molecular formula is C13H26. The van der Waals surface area contributed by atoms with Gasteiger partial charge in [0, 0.05) is 0 Å². The lowest BCUT2D eigenvalue weighted by Gasteiger charge is -2.31.